The largest absolute Gasteiger partial charge is 0.489 e. The minimum absolute atomic E-state index is 0.0301. The van der Waals surface area contributed by atoms with E-state index in [1.165, 1.54) is 0 Å². The lowest BCUT2D eigenvalue weighted by atomic mass is 9.95. The van der Waals surface area contributed by atoms with Crippen molar-refractivity contribution in [3.8, 4) is 5.75 Å². The molecule has 29 heavy (non-hydrogen) atoms. The molecule has 3 aromatic carbocycles. The molecule has 1 N–H and O–H groups in total. The lowest BCUT2D eigenvalue weighted by Crippen LogP contribution is -2.33. The third-order valence-electron chi connectivity index (χ3n) is 5.38. The SMILES string of the molecule is Fc1ccc(C(c2ccccc2OCc2ccccc2)N2CCCNCC2)cc1. The van der Waals surface area contributed by atoms with Gasteiger partial charge in [-0.3, -0.25) is 4.90 Å². The summed E-state index contributed by atoms with van der Waals surface area (Å²) >= 11 is 0. The number of benzene rings is 3. The van der Waals surface area contributed by atoms with Gasteiger partial charge in [0.25, 0.3) is 0 Å². The molecule has 4 rings (SSSR count). The third-order valence-corrected chi connectivity index (χ3v) is 5.38. The molecule has 150 valence electrons. The van der Waals surface area contributed by atoms with Gasteiger partial charge in [0.05, 0.1) is 6.04 Å². The average molecular weight is 391 g/mol. The van der Waals surface area contributed by atoms with Crippen molar-refractivity contribution in [2.24, 2.45) is 0 Å². The van der Waals surface area contributed by atoms with E-state index < -0.39 is 0 Å². The lowest BCUT2D eigenvalue weighted by Gasteiger charge is -2.32. The summed E-state index contributed by atoms with van der Waals surface area (Å²) < 4.78 is 19.9. The van der Waals surface area contributed by atoms with Gasteiger partial charge in [0.15, 0.2) is 0 Å². The first-order valence-corrected chi connectivity index (χ1v) is 10.3. The number of rotatable bonds is 6. The van der Waals surface area contributed by atoms with Gasteiger partial charge in [-0.1, -0.05) is 60.7 Å². The zero-order chi connectivity index (χ0) is 19.9. The Morgan fingerprint density at radius 3 is 2.45 bits per heavy atom. The van der Waals surface area contributed by atoms with E-state index >= 15 is 0 Å². The number of nitrogens with zero attached hydrogens (tertiary/aromatic N) is 1. The Balaban J connectivity index is 1.67. The maximum atomic E-state index is 13.6. The van der Waals surface area contributed by atoms with Gasteiger partial charge in [-0.2, -0.15) is 0 Å². The zero-order valence-electron chi connectivity index (χ0n) is 16.6. The van der Waals surface area contributed by atoms with Gasteiger partial charge in [0.2, 0.25) is 0 Å². The molecule has 0 saturated carbocycles. The topological polar surface area (TPSA) is 24.5 Å². The molecular weight excluding hydrogens is 363 g/mol. The Morgan fingerprint density at radius 1 is 0.862 bits per heavy atom. The molecule has 1 saturated heterocycles. The first-order chi connectivity index (χ1) is 14.3. The zero-order valence-corrected chi connectivity index (χ0v) is 16.6. The van der Waals surface area contributed by atoms with Crippen LogP contribution in [0.5, 0.6) is 5.75 Å². The number of hydrogen-bond acceptors (Lipinski definition) is 3. The first kappa shape index (κ1) is 19.6. The summed E-state index contributed by atoms with van der Waals surface area (Å²) in [6.07, 6.45) is 1.09. The Labute approximate surface area is 172 Å². The second kappa shape index (κ2) is 9.68. The van der Waals surface area contributed by atoms with E-state index in [-0.39, 0.29) is 11.9 Å². The molecule has 1 fully saturated rings. The maximum Gasteiger partial charge on any atom is 0.124 e. The van der Waals surface area contributed by atoms with Crippen molar-refractivity contribution >= 4 is 0 Å². The molecule has 1 aliphatic heterocycles. The first-order valence-electron chi connectivity index (χ1n) is 10.3. The highest BCUT2D eigenvalue weighted by molar-refractivity contribution is 5.42. The van der Waals surface area contributed by atoms with Crippen molar-refractivity contribution < 1.29 is 9.13 Å². The van der Waals surface area contributed by atoms with Crippen molar-refractivity contribution in [2.45, 2.75) is 19.1 Å². The predicted octanol–water partition coefficient (Wildman–Crippen LogP) is 4.79. The van der Waals surface area contributed by atoms with Gasteiger partial charge < -0.3 is 10.1 Å². The molecule has 0 radical (unpaired) electrons. The molecule has 0 spiro atoms. The van der Waals surface area contributed by atoms with E-state index in [4.69, 9.17) is 4.74 Å². The molecule has 1 unspecified atom stereocenters. The monoisotopic (exact) mass is 390 g/mol. The van der Waals surface area contributed by atoms with E-state index in [0.29, 0.717) is 6.61 Å². The van der Waals surface area contributed by atoms with Gasteiger partial charge >= 0.3 is 0 Å². The van der Waals surface area contributed by atoms with Crippen LogP contribution in [-0.4, -0.2) is 31.1 Å². The number of hydrogen-bond donors (Lipinski definition) is 1. The van der Waals surface area contributed by atoms with Crippen molar-refractivity contribution in [2.75, 3.05) is 26.2 Å². The van der Waals surface area contributed by atoms with Crippen LogP contribution in [0.4, 0.5) is 4.39 Å². The quantitative estimate of drug-likeness (QED) is 0.655. The van der Waals surface area contributed by atoms with Crippen molar-refractivity contribution in [3.63, 3.8) is 0 Å². The van der Waals surface area contributed by atoms with Crippen LogP contribution in [0.2, 0.25) is 0 Å². The minimum Gasteiger partial charge on any atom is -0.489 e. The fourth-order valence-electron chi connectivity index (χ4n) is 3.93. The van der Waals surface area contributed by atoms with Gasteiger partial charge in [-0.05, 0) is 42.3 Å². The molecule has 0 aliphatic carbocycles. The van der Waals surface area contributed by atoms with Crippen LogP contribution in [0.3, 0.4) is 0 Å². The molecule has 0 bridgehead atoms. The second-order valence-corrected chi connectivity index (χ2v) is 7.41. The highest BCUT2D eigenvalue weighted by atomic mass is 19.1. The standard InChI is InChI=1S/C25H27FN2O/c26-22-13-11-21(12-14-22)25(28-17-6-15-27-16-18-28)23-9-4-5-10-24(23)29-19-20-7-2-1-3-8-20/h1-5,7-14,25,27H,6,15-19H2. The highest BCUT2D eigenvalue weighted by Crippen LogP contribution is 2.35. The van der Waals surface area contributed by atoms with Crippen LogP contribution in [0, 0.1) is 5.82 Å². The lowest BCUT2D eigenvalue weighted by molar-refractivity contribution is 0.230. The van der Waals surface area contributed by atoms with E-state index in [9.17, 15) is 4.39 Å². The van der Waals surface area contributed by atoms with Crippen molar-refractivity contribution in [1.82, 2.24) is 10.2 Å². The molecular formula is C25H27FN2O. The Bertz CT molecular complexity index is 890. The van der Waals surface area contributed by atoms with Crippen molar-refractivity contribution in [1.29, 1.82) is 0 Å². The molecule has 1 heterocycles. The van der Waals surface area contributed by atoms with Crippen molar-refractivity contribution in [3.05, 3.63) is 101 Å². The fraction of sp³-hybridized carbons (Fsp3) is 0.280. The highest BCUT2D eigenvalue weighted by Gasteiger charge is 2.26. The fourth-order valence-corrected chi connectivity index (χ4v) is 3.93. The molecule has 0 amide bonds. The number of nitrogens with one attached hydrogen (secondary N) is 1. The van der Waals surface area contributed by atoms with Gasteiger partial charge in [0, 0.05) is 25.2 Å². The van der Waals surface area contributed by atoms with Gasteiger partial charge in [-0.25, -0.2) is 4.39 Å². The molecule has 3 aromatic rings. The molecule has 0 aromatic heterocycles. The predicted molar refractivity (Wildman–Crippen MR) is 115 cm³/mol. The van der Waals surface area contributed by atoms with Crippen LogP contribution < -0.4 is 10.1 Å². The smallest absolute Gasteiger partial charge is 0.124 e. The summed E-state index contributed by atoms with van der Waals surface area (Å²) in [5, 5.41) is 3.47. The van der Waals surface area contributed by atoms with Crippen LogP contribution in [-0.2, 0) is 6.61 Å². The summed E-state index contributed by atoms with van der Waals surface area (Å²) in [6, 6.07) is 25.3. The van der Waals surface area contributed by atoms with E-state index in [0.717, 1.165) is 55.0 Å². The molecule has 1 aliphatic rings. The van der Waals surface area contributed by atoms with Crippen LogP contribution in [0.25, 0.3) is 0 Å². The maximum absolute atomic E-state index is 13.6. The summed E-state index contributed by atoms with van der Waals surface area (Å²) in [6.45, 7) is 4.43. The molecule has 4 heteroatoms. The number of ether oxygens (including phenoxy) is 1. The number of halogens is 1. The van der Waals surface area contributed by atoms with E-state index in [1.807, 2.05) is 42.5 Å². The van der Waals surface area contributed by atoms with Gasteiger partial charge in [0.1, 0.15) is 18.2 Å². The Kier molecular flexibility index (Phi) is 6.55. The normalized spacial score (nSPS) is 16.2. The Morgan fingerprint density at radius 2 is 1.62 bits per heavy atom. The van der Waals surface area contributed by atoms with Crippen LogP contribution in [0.1, 0.15) is 29.2 Å². The van der Waals surface area contributed by atoms with Gasteiger partial charge in [-0.15, -0.1) is 0 Å². The molecule has 3 nitrogen and oxygen atoms in total. The minimum atomic E-state index is -0.210. The summed E-state index contributed by atoms with van der Waals surface area (Å²) in [7, 11) is 0. The molecule has 1 atom stereocenters. The number of para-hydroxylation sites is 1. The van der Waals surface area contributed by atoms with E-state index in [1.54, 1.807) is 12.1 Å². The third kappa shape index (κ3) is 5.03. The van der Waals surface area contributed by atoms with E-state index in [2.05, 4.69) is 34.5 Å². The Hall–Kier alpha value is -2.69. The summed E-state index contributed by atoms with van der Waals surface area (Å²) in [4.78, 5) is 2.47. The summed E-state index contributed by atoms with van der Waals surface area (Å²) in [5.41, 5.74) is 3.35. The average Bonchev–Trinajstić information content (AvgIpc) is 3.05. The van der Waals surface area contributed by atoms with Crippen LogP contribution in [0.15, 0.2) is 78.9 Å². The van der Waals surface area contributed by atoms with Crippen LogP contribution >= 0.6 is 0 Å². The second-order valence-electron chi connectivity index (χ2n) is 7.41. The summed E-state index contributed by atoms with van der Waals surface area (Å²) in [5.74, 6) is 0.668.